The molecule has 0 aliphatic heterocycles. The lowest BCUT2D eigenvalue weighted by Crippen LogP contribution is -2.30. The Morgan fingerprint density at radius 1 is 0.667 bits per heavy atom. The van der Waals surface area contributed by atoms with Gasteiger partial charge in [0.15, 0.2) is 6.29 Å². The molecule has 7 heteroatoms. The average molecular weight is 747 g/mol. The predicted molar refractivity (Wildman–Crippen MR) is 220 cm³/mol. The van der Waals surface area contributed by atoms with E-state index in [1.807, 2.05) is 55.5 Å². The zero-order valence-corrected chi connectivity index (χ0v) is 35.2. The number of benzene rings is 3. The van der Waals surface area contributed by atoms with Gasteiger partial charge in [-0.15, -0.1) is 0 Å². The zero-order valence-electron chi connectivity index (χ0n) is 35.2. The first-order chi connectivity index (χ1) is 25.6. The highest BCUT2D eigenvalue weighted by Gasteiger charge is 2.33. The van der Waals surface area contributed by atoms with Gasteiger partial charge in [-0.05, 0) is 134 Å². The summed E-state index contributed by atoms with van der Waals surface area (Å²) in [7, 11) is 0. The summed E-state index contributed by atoms with van der Waals surface area (Å²) in [6.07, 6.45) is 7.10. The van der Waals surface area contributed by atoms with E-state index in [9.17, 15) is 9.59 Å². The van der Waals surface area contributed by atoms with E-state index in [4.69, 9.17) is 24.1 Å². The minimum atomic E-state index is -0.384. The Hall–Kier alpha value is -3.84. The fraction of sp³-hybridized carbons (Fsp3) is 0.574. The maximum atomic E-state index is 12.3. The highest BCUT2D eigenvalue weighted by atomic mass is 16.7. The molecule has 4 atom stereocenters. The molecule has 4 unspecified atom stereocenters. The van der Waals surface area contributed by atoms with E-state index < -0.39 is 0 Å². The summed E-state index contributed by atoms with van der Waals surface area (Å²) >= 11 is 0. The summed E-state index contributed by atoms with van der Waals surface area (Å²) in [5.41, 5.74) is 4.22. The number of phenols is 1. The van der Waals surface area contributed by atoms with E-state index in [2.05, 4.69) is 74.4 Å². The topological polar surface area (TPSA) is 91.3 Å². The Kier molecular flexibility index (Phi) is 20.4. The summed E-state index contributed by atoms with van der Waals surface area (Å²) < 4.78 is 21.8. The summed E-state index contributed by atoms with van der Waals surface area (Å²) in [6.45, 7) is 23.8. The van der Waals surface area contributed by atoms with Gasteiger partial charge in [0.25, 0.3) is 0 Å². The lowest BCUT2D eigenvalue weighted by molar-refractivity contribution is -0.154. The quantitative estimate of drug-likeness (QED) is 0.0760. The number of phenolic OH excluding ortho intramolecular Hbond substituents is 1. The molecule has 1 aliphatic carbocycles. The van der Waals surface area contributed by atoms with Gasteiger partial charge in [-0.1, -0.05) is 98.7 Å². The zero-order chi connectivity index (χ0) is 40.3. The molecule has 7 nitrogen and oxygen atoms in total. The molecular weight excluding hydrogens is 677 g/mol. The van der Waals surface area contributed by atoms with Crippen LogP contribution in [0.4, 0.5) is 0 Å². The van der Waals surface area contributed by atoms with E-state index in [1.54, 1.807) is 12.1 Å². The molecule has 0 amide bonds. The van der Waals surface area contributed by atoms with Gasteiger partial charge in [-0.25, -0.2) is 0 Å². The molecule has 1 aliphatic rings. The smallest absolute Gasteiger partial charge is 0.309 e. The SMILES string of the molecule is CCC(C)c1ccc(O)cc1.CCC(C)c1ccc(OC(C)=O)cc1.CCC(C)c1ccc(OC(C)OCCOC(=O)C2CCC(C(C)(C)C)CC2)cc1. The van der Waals surface area contributed by atoms with Crippen molar-refractivity contribution in [3.63, 3.8) is 0 Å². The molecule has 1 fully saturated rings. The summed E-state index contributed by atoms with van der Waals surface area (Å²) in [5.74, 6) is 3.85. The third kappa shape index (κ3) is 17.1. The molecule has 4 rings (SSSR count). The van der Waals surface area contributed by atoms with Crippen LogP contribution in [0.25, 0.3) is 0 Å². The number of esters is 2. The summed E-state index contributed by atoms with van der Waals surface area (Å²) in [6, 6.07) is 23.3. The normalized spacial score (nSPS) is 17.6. The Bertz CT molecular complexity index is 1470. The predicted octanol–water partition coefficient (Wildman–Crippen LogP) is 12.4. The van der Waals surface area contributed by atoms with Crippen molar-refractivity contribution in [1.29, 1.82) is 0 Å². The lowest BCUT2D eigenvalue weighted by Gasteiger charge is -2.36. The Balaban J connectivity index is 0.000000331. The maximum Gasteiger partial charge on any atom is 0.309 e. The number of rotatable bonds is 14. The van der Waals surface area contributed by atoms with Gasteiger partial charge in [0.1, 0.15) is 23.9 Å². The van der Waals surface area contributed by atoms with Crippen molar-refractivity contribution in [2.24, 2.45) is 17.3 Å². The van der Waals surface area contributed by atoms with Crippen LogP contribution >= 0.6 is 0 Å². The van der Waals surface area contributed by atoms with E-state index in [-0.39, 0.29) is 30.8 Å². The fourth-order valence-corrected chi connectivity index (χ4v) is 6.31. The highest BCUT2D eigenvalue weighted by Crippen LogP contribution is 2.40. The largest absolute Gasteiger partial charge is 0.508 e. The van der Waals surface area contributed by atoms with Crippen molar-refractivity contribution in [2.45, 2.75) is 145 Å². The summed E-state index contributed by atoms with van der Waals surface area (Å²) in [5, 5.41) is 9.01. The molecule has 3 aromatic rings. The van der Waals surface area contributed by atoms with E-state index in [0.717, 1.165) is 50.7 Å². The van der Waals surface area contributed by atoms with Crippen LogP contribution in [0.1, 0.15) is 156 Å². The molecule has 0 aromatic heterocycles. The molecule has 0 heterocycles. The van der Waals surface area contributed by atoms with Gasteiger partial charge in [0.2, 0.25) is 0 Å². The number of hydrogen-bond donors (Lipinski definition) is 1. The molecule has 0 spiro atoms. The van der Waals surface area contributed by atoms with Crippen LogP contribution in [0, 0.1) is 17.3 Å². The van der Waals surface area contributed by atoms with E-state index >= 15 is 0 Å². The van der Waals surface area contributed by atoms with Gasteiger partial charge < -0.3 is 24.1 Å². The van der Waals surface area contributed by atoms with Gasteiger partial charge in [-0.3, -0.25) is 9.59 Å². The standard InChI is InChI=1S/C25H40O4.C12H16O2.C10H14O/c1-7-18(2)20-10-14-23(15-11-20)29-19(3)27-16-17-28-24(26)21-8-12-22(13-9-21)25(4,5)6;1-4-9(2)11-5-7-12(8-6-11)14-10(3)13;1-3-8(2)9-4-6-10(11)7-5-9/h10-11,14-15,18-19,21-22H,7-9,12-13,16-17H2,1-6H3;5-9H,4H2,1-3H3;4-8,11H,3H2,1-2H3. The Labute approximate surface area is 327 Å². The highest BCUT2D eigenvalue weighted by molar-refractivity contribution is 5.72. The third-order valence-electron chi connectivity index (χ3n) is 10.7. The molecule has 1 saturated carbocycles. The van der Waals surface area contributed by atoms with Crippen molar-refractivity contribution in [1.82, 2.24) is 0 Å². The second-order valence-corrected chi connectivity index (χ2v) is 15.9. The van der Waals surface area contributed by atoms with E-state index in [0.29, 0.717) is 47.2 Å². The van der Waals surface area contributed by atoms with Crippen LogP contribution in [-0.4, -0.2) is 36.5 Å². The van der Waals surface area contributed by atoms with Crippen molar-refractivity contribution in [3.8, 4) is 17.2 Å². The number of carbonyl (C=O) groups is 2. The second kappa shape index (κ2) is 23.8. The van der Waals surface area contributed by atoms with Crippen LogP contribution in [0.15, 0.2) is 72.8 Å². The molecule has 0 saturated heterocycles. The van der Waals surface area contributed by atoms with Gasteiger partial charge in [-0.2, -0.15) is 0 Å². The molecule has 54 heavy (non-hydrogen) atoms. The van der Waals surface area contributed by atoms with E-state index in [1.165, 1.54) is 23.6 Å². The average Bonchev–Trinajstić information content (AvgIpc) is 3.16. The first-order valence-corrected chi connectivity index (χ1v) is 20.2. The lowest BCUT2D eigenvalue weighted by atomic mass is 9.70. The van der Waals surface area contributed by atoms with Crippen LogP contribution in [0.5, 0.6) is 17.2 Å². The number of hydrogen-bond acceptors (Lipinski definition) is 7. The van der Waals surface area contributed by atoms with Gasteiger partial charge in [0.05, 0.1) is 12.5 Å². The van der Waals surface area contributed by atoms with Crippen molar-refractivity contribution in [2.75, 3.05) is 13.2 Å². The first kappa shape index (κ1) is 46.3. The second-order valence-electron chi connectivity index (χ2n) is 15.9. The molecule has 1 N–H and O–H groups in total. The third-order valence-corrected chi connectivity index (χ3v) is 10.7. The molecule has 3 aromatic carbocycles. The maximum absolute atomic E-state index is 12.3. The Morgan fingerprint density at radius 3 is 1.50 bits per heavy atom. The van der Waals surface area contributed by atoms with Gasteiger partial charge >= 0.3 is 11.9 Å². The fourth-order valence-electron chi connectivity index (χ4n) is 6.31. The van der Waals surface area contributed by atoms with Crippen molar-refractivity contribution >= 4 is 11.9 Å². The monoisotopic (exact) mass is 747 g/mol. The van der Waals surface area contributed by atoms with Crippen LogP contribution in [0.2, 0.25) is 0 Å². The number of aromatic hydroxyl groups is 1. The van der Waals surface area contributed by atoms with Crippen LogP contribution in [-0.2, 0) is 19.1 Å². The molecule has 0 radical (unpaired) electrons. The minimum Gasteiger partial charge on any atom is -0.508 e. The first-order valence-electron chi connectivity index (χ1n) is 20.2. The van der Waals surface area contributed by atoms with Crippen LogP contribution < -0.4 is 9.47 Å². The Morgan fingerprint density at radius 2 is 1.09 bits per heavy atom. The molecule has 0 bridgehead atoms. The number of carbonyl (C=O) groups excluding carboxylic acids is 2. The molecule has 300 valence electrons. The van der Waals surface area contributed by atoms with Crippen molar-refractivity contribution < 1.29 is 33.6 Å². The number of ether oxygens (including phenoxy) is 4. The van der Waals surface area contributed by atoms with Gasteiger partial charge in [0, 0.05) is 6.92 Å². The summed E-state index contributed by atoms with van der Waals surface area (Å²) in [4.78, 5) is 23.0. The minimum absolute atomic E-state index is 0.0475. The molecular formula is C47H70O7. The van der Waals surface area contributed by atoms with Crippen LogP contribution in [0.3, 0.4) is 0 Å². The van der Waals surface area contributed by atoms with Crippen molar-refractivity contribution in [3.05, 3.63) is 89.5 Å².